The Morgan fingerprint density at radius 1 is 0.839 bits per heavy atom. The van der Waals surface area contributed by atoms with Gasteiger partial charge in [0.2, 0.25) is 10.0 Å². The summed E-state index contributed by atoms with van der Waals surface area (Å²) in [6.07, 6.45) is 0.512. The summed E-state index contributed by atoms with van der Waals surface area (Å²) in [5, 5.41) is 4.39. The SMILES string of the molecule is CCCS(=O)(=O)Nc1ccc(NC(=O)c2ccc(NS(=O)(=O)c3cccs3)cc2)cc1. The number of carbonyl (C=O) groups is 1. The van der Waals surface area contributed by atoms with Crippen molar-refractivity contribution in [3.63, 3.8) is 0 Å². The third kappa shape index (κ3) is 6.29. The van der Waals surface area contributed by atoms with Crippen LogP contribution in [0.15, 0.2) is 70.3 Å². The molecule has 0 fully saturated rings. The average Bonchev–Trinajstić information content (AvgIpc) is 3.25. The number of amides is 1. The van der Waals surface area contributed by atoms with E-state index >= 15 is 0 Å². The van der Waals surface area contributed by atoms with Crippen molar-refractivity contribution in [2.45, 2.75) is 17.6 Å². The number of sulfonamides is 2. The Bertz CT molecular complexity index is 1240. The smallest absolute Gasteiger partial charge is 0.271 e. The van der Waals surface area contributed by atoms with Crippen LogP contribution in [0.1, 0.15) is 23.7 Å². The molecule has 2 aromatic carbocycles. The van der Waals surface area contributed by atoms with Crippen molar-refractivity contribution in [3.8, 4) is 0 Å². The Labute approximate surface area is 185 Å². The Balaban J connectivity index is 1.62. The van der Waals surface area contributed by atoms with Crippen LogP contribution in [0.25, 0.3) is 0 Å². The first-order chi connectivity index (χ1) is 14.7. The monoisotopic (exact) mass is 479 g/mol. The summed E-state index contributed by atoms with van der Waals surface area (Å²) in [5.41, 5.74) is 1.58. The third-order valence-electron chi connectivity index (χ3n) is 4.05. The fraction of sp³-hybridized carbons (Fsp3) is 0.150. The lowest BCUT2D eigenvalue weighted by atomic mass is 10.2. The second-order valence-corrected chi connectivity index (χ2v) is 11.3. The van der Waals surface area contributed by atoms with Crippen LogP contribution in [0.3, 0.4) is 0 Å². The molecule has 0 aliphatic heterocycles. The molecule has 11 heteroatoms. The zero-order valence-corrected chi connectivity index (χ0v) is 19.0. The van der Waals surface area contributed by atoms with E-state index in [1.807, 2.05) is 0 Å². The molecule has 31 heavy (non-hydrogen) atoms. The highest BCUT2D eigenvalue weighted by atomic mass is 32.2. The predicted octanol–water partition coefficient (Wildman–Crippen LogP) is 3.95. The predicted molar refractivity (Wildman–Crippen MR) is 124 cm³/mol. The minimum Gasteiger partial charge on any atom is -0.322 e. The van der Waals surface area contributed by atoms with Crippen molar-refractivity contribution in [1.29, 1.82) is 0 Å². The Hall–Kier alpha value is -2.89. The lowest BCUT2D eigenvalue weighted by molar-refractivity contribution is 0.102. The normalized spacial score (nSPS) is 11.6. The molecule has 3 aromatic rings. The van der Waals surface area contributed by atoms with E-state index in [-0.39, 0.29) is 15.9 Å². The van der Waals surface area contributed by atoms with Gasteiger partial charge >= 0.3 is 0 Å². The third-order valence-corrected chi connectivity index (χ3v) is 8.32. The summed E-state index contributed by atoms with van der Waals surface area (Å²) in [7, 11) is -7.03. The number of nitrogens with one attached hydrogen (secondary N) is 3. The molecule has 0 aliphatic carbocycles. The topological polar surface area (TPSA) is 121 Å². The van der Waals surface area contributed by atoms with Gasteiger partial charge < -0.3 is 5.32 Å². The number of anilines is 3. The zero-order chi connectivity index (χ0) is 22.5. The lowest BCUT2D eigenvalue weighted by Crippen LogP contribution is -2.16. The van der Waals surface area contributed by atoms with Crippen molar-refractivity contribution in [2.24, 2.45) is 0 Å². The van der Waals surface area contributed by atoms with Crippen LogP contribution in [-0.4, -0.2) is 28.5 Å². The van der Waals surface area contributed by atoms with Gasteiger partial charge in [-0.15, -0.1) is 11.3 Å². The standard InChI is InChI=1S/C20H21N3O5S3/c1-2-14-30(25,26)22-17-11-9-16(10-12-17)21-20(24)15-5-7-18(8-6-15)23-31(27,28)19-4-3-13-29-19/h3-13,22-23H,2,14H2,1H3,(H,21,24). The van der Waals surface area contributed by atoms with Crippen molar-refractivity contribution >= 4 is 54.4 Å². The zero-order valence-electron chi connectivity index (χ0n) is 16.5. The molecule has 3 rings (SSSR count). The van der Waals surface area contributed by atoms with Gasteiger partial charge in [0.05, 0.1) is 5.75 Å². The van der Waals surface area contributed by atoms with Crippen LogP contribution < -0.4 is 14.8 Å². The molecule has 0 saturated carbocycles. The van der Waals surface area contributed by atoms with Crippen LogP contribution in [0.4, 0.5) is 17.1 Å². The first-order valence-corrected chi connectivity index (χ1v) is 13.3. The Morgan fingerprint density at radius 3 is 2.00 bits per heavy atom. The minimum atomic E-state index is -3.65. The van der Waals surface area contributed by atoms with E-state index in [9.17, 15) is 21.6 Å². The molecule has 0 aliphatic rings. The maximum atomic E-state index is 12.4. The minimum absolute atomic E-state index is 0.0327. The molecule has 0 bridgehead atoms. The van der Waals surface area contributed by atoms with Gasteiger partial charge in [0.15, 0.2) is 0 Å². The first kappa shape index (κ1) is 22.8. The molecule has 0 atom stereocenters. The van der Waals surface area contributed by atoms with Gasteiger partial charge in [0.1, 0.15) is 4.21 Å². The highest BCUT2D eigenvalue weighted by molar-refractivity contribution is 7.94. The van der Waals surface area contributed by atoms with Gasteiger partial charge in [0, 0.05) is 22.6 Å². The summed E-state index contributed by atoms with van der Waals surface area (Å²) in [5.74, 6) is -0.350. The van der Waals surface area contributed by atoms with E-state index in [4.69, 9.17) is 0 Å². The highest BCUT2D eigenvalue weighted by Crippen LogP contribution is 2.21. The average molecular weight is 480 g/mol. The molecule has 0 saturated heterocycles. The van der Waals surface area contributed by atoms with Crippen LogP contribution >= 0.6 is 11.3 Å². The molecule has 1 aromatic heterocycles. The van der Waals surface area contributed by atoms with Crippen molar-refractivity contribution < 1.29 is 21.6 Å². The maximum Gasteiger partial charge on any atom is 0.271 e. The van der Waals surface area contributed by atoms with Crippen LogP contribution in [0.5, 0.6) is 0 Å². The summed E-state index contributed by atoms with van der Waals surface area (Å²) in [4.78, 5) is 12.4. The first-order valence-electron chi connectivity index (χ1n) is 9.27. The largest absolute Gasteiger partial charge is 0.322 e. The van der Waals surface area contributed by atoms with E-state index in [1.165, 1.54) is 30.3 Å². The quantitative estimate of drug-likeness (QED) is 0.429. The Kier molecular flexibility index (Phi) is 6.98. The fourth-order valence-electron chi connectivity index (χ4n) is 2.64. The van der Waals surface area contributed by atoms with Crippen LogP contribution in [-0.2, 0) is 20.0 Å². The molecular weight excluding hydrogens is 458 g/mol. The molecule has 1 amide bonds. The summed E-state index contributed by atoms with van der Waals surface area (Å²) >= 11 is 1.11. The molecule has 0 unspecified atom stereocenters. The van der Waals surface area contributed by atoms with Gasteiger partial charge in [-0.05, 0) is 66.4 Å². The molecule has 3 N–H and O–H groups in total. The Morgan fingerprint density at radius 2 is 1.42 bits per heavy atom. The van der Waals surface area contributed by atoms with E-state index in [0.717, 1.165) is 11.3 Å². The van der Waals surface area contributed by atoms with Gasteiger partial charge in [-0.2, -0.15) is 0 Å². The molecule has 164 valence electrons. The summed E-state index contributed by atoms with van der Waals surface area (Å²) < 4.78 is 53.3. The molecule has 1 heterocycles. The van der Waals surface area contributed by atoms with Crippen LogP contribution in [0, 0.1) is 0 Å². The number of thiophene rings is 1. The fourth-order valence-corrected chi connectivity index (χ4v) is 5.82. The second-order valence-electron chi connectivity index (χ2n) is 6.57. The summed E-state index contributed by atoms with van der Waals surface area (Å²) in [6, 6.07) is 15.5. The molecule has 0 spiro atoms. The summed E-state index contributed by atoms with van der Waals surface area (Å²) in [6.45, 7) is 1.78. The van der Waals surface area contributed by atoms with Crippen molar-refractivity contribution in [1.82, 2.24) is 0 Å². The van der Waals surface area contributed by atoms with E-state index in [0.29, 0.717) is 29.0 Å². The maximum absolute atomic E-state index is 12.4. The number of carbonyl (C=O) groups excluding carboxylic acids is 1. The number of rotatable bonds is 9. The molecule has 0 radical (unpaired) electrons. The number of hydrogen-bond donors (Lipinski definition) is 3. The van der Waals surface area contributed by atoms with Gasteiger partial charge in [0.25, 0.3) is 15.9 Å². The highest BCUT2D eigenvalue weighted by Gasteiger charge is 2.15. The van der Waals surface area contributed by atoms with E-state index < -0.39 is 20.0 Å². The number of hydrogen-bond acceptors (Lipinski definition) is 6. The van der Waals surface area contributed by atoms with Gasteiger partial charge in [-0.25, -0.2) is 16.8 Å². The second kappa shape index (κ2) is 9.50. The van der Waals surface area contributed by atoms with E-state index in [2.05, 4.69) is 14.8 Å². The number of benzene rings is 2. The van der Waals surface area contributed by atoms with Crippen molar-refractivity contribution in [3.05, 3.63) is 71.6 Å². The van der Waals surface area contributed by atoms with Crippen molar-refractivity contribution in [2.75, 3.05) is 20.5 Å². The molecule has 8 nitrogen and oxygen atoms in total. The molecular formula is C20H21N3O5S3. The van der Waals surface area contributed by atoms with Gasteiger partial charge in [-0.1, -0.05) is 13.0 Å². The van der Waals surface area contributed by atoms with Crippen LogP contribution in [0.2, 0.25) is 0 Å². The van der Waals surface area contributed by atoms with E-state index in [1.54, 1.807) is 42.6 Å². The lowest BCUT2D eigenvalue weighted by Gasteiger charge is -2.10. The van der Waals surface area contributed by atoms with Gasteiger partial charge in [-0.3, -0.25) is 14.2 Å².